The van der Waals surface area contributed by atoms with Crippen molar-refractivity contribution in [1.29, 1.82) is 0 Å². The number of nitrogens with zero attached hydrogens (tertiary/aromatic N) is 2. The smallest absolute Gasteiger partial charge is 0.0462 e. The molecule has 0 aromatic heterocycles. The number of anilines is 6. The Labute approximate surface area is 387 Å². The highest BCUT2D eigenvalue weighted by atomic mass is 15.1. The Morgan fingerprint density at radius 1 is 0.212 bits per heavy atom. The Morgan fingerprint density at radius 2 is 0.545 bits per heavy atom. The van der Waals surface area contributed by atoms with Crippen LogP contribution in [-0.4, -0.2) is 0 Å². The van der Waals surface area contributed by atoms with Crippen molar-refractivity contribution < 1.29 is 0 Å². The highest BCUT2D eigenvalue weighted by Gasteiger charge is 2.20. The van der Waals surface area contributed by atoms with Crippen LogP contribution in [0.25, 0.3) is 67.1 Å². The van der Waals surface area contributed by atoms with E-state index in [-0.39, 0.29) is 0 Å². The first-order valence-corrected chi connectivity index (χ1v) is 22.6. The zero-order valence-electron chi connectivity index (χ0n) is 36.5. The molecule has 0 atom stereocenters. The van der Waals surface area contributed by atoms with Crippen molar-refractivity contribution in [3.63, 3.8) is 0 Å². The van der Waals surface area contributed by atoms with Crippen LogP contribution in [0.2, 0.25) is 0 Å². The lowest BCUT2D eigenvalue weighted by atomic mass is 9.84. The lowest BCUT2D eigenvalue weighted by molar-refractivity contribution is 1.28. The van der Waals surface area contributed by atoms with Gasteiger partial charge in [0.25, 0.3) is 0 Å². The molecule has 0 aliphatic carbocycles. The van der Waals surface area contributed by atoms with Crippen molar-refractivity contribution in [1.82, 2.24) is 0 Å². The lowest BCUT2D eigenvalue weighted by Crippen LogP contribution is -2.09. The number of para-hydroxylation sites is 4. The summed E-state index contributed by atoms with van der Waals surface area (Å²) in [6.07, 6.45) is 4.38. The van der Waals surface area contributed by atoms with E-state index in [0.29, 0.717) is 0 Å². The van der Waals surface area contributed by atoms with Crippen LogP contribution in [0.4, 0.5) is 34.1 Å². The van der Waals surface area contributed by atoms with Gasteiger partial charge in [-0.2, -0.15) is 0 Å². The second-order valence-corrected chi connectivity index (χ2v) is 16.5. The van der Waals surface area contributed by atoms with Crippen molar-refractivity contribution in [2.24, 2.45) is 0 Å². The van der Waals surface area contributed by atoms with E-state index in [2.05, 4.69) is 289 Å². The molecule has 0 spiro atoms. The molecule has 0 amide bonds. The third kappa shape index (κ3) is 8.05. The molecule has 0 unspecified atom stereocenters. The quantitative estimate of drug-likeness (QED) is 0.0945. The van der Waals surface area contributed by atoms with Crippen molar-refractivity contribution in [2.45, 2.75) is 0 Å². The maximum absolute atomic E-state index is 2.41. The van der Waals surface area contributed by atoms with E-state index >= 15 is 0 Å². The van der Waals surface area contributed by atoms with Crippen LogP contribution in [0, 0.1) is 0 Å². The van der Waals surface area contributed by atoms with Gasteiger partial charge in [0.15, 0.2) is 0 Å². The second kappa shape index (κ2) is 18.2. The minimum absolute atomic E-state index is 1.10. The molecule has 11 aromatic carbocycles. The van der Waals surface area contributed by atoms with Gasteiger partial charge in [0.1, 0.15) is 0 Å². The molecule has 0 fully saturated rings. The van der Waals surface area contributed by atoms with E-state index in [9.17, 15) is 0 Å². The summed E-state index contributed by atoms with van der Waals surface area (Å²) in [5.74, 6) is 0. The Balaban J connectivity index is 1.08. The third-order valence-corrected chi connectivity index (χ3v) is 12.4. The summed E-state index contributed by atoms with van der Waals surface area (Å²) in [4.78, 5) is 4.64. The van der Waals surface area contributed by atoms with Gasteiger partial charge in [0.2, 0.25) is 0 Å². The van der Waals surface area contributed by atoms with Crippen molar-refractivity contribution in [3.05, 3.63) is 278 Å². The fourth-order valence-electron chi connectivity index (χ4n) is 9.32. The van der Waals surface area contributed by atoms with Crippen LogP contribution in [-0.2, 0) is 0 Å². The standard InChI is InChI=1S/C64H46N2/c1-6-19-47(20-7-1)33-34-48-21-18-22-51(45-48)52-39-44-61-62(46-52)64(50-37-42-58(43-38-50)66(55-27-12-4-13-28-55)56-29-14-5-15-30-56)60-32-17-16-31-59(60)63(61)49-35-40-57(41-36-49)65(53-23-8-2-9-24-53)54-25-10-3-11-26-54/h1-46H. The SMILES string of the molecule is C(=Cc1cccc(-c2ccc3c(-c4ccc(N(c5ccccc5)c5ccccc5)cc4)c4ccccc4c(-c4ccc(N(c5ccccc5)c5ccccc5)cc4)c3c2)c1)c1ccccc1. The van der Waals surface area contributed by atoms with Crippen molar-refractivity contribution >= 4 is 67.8 Å². The van der Waals surface area contributed by atoms with E-state index in [4.69, 9.17) is 0 Å². The van der Waals surface area contributed by atoms with Crippen LogP contribution in [0.1, 0.15) is 11.1 Å². The summed E-state index contributed by atoms with van der Waals surface area (Å²) < 4.78 is 0. The average Bonchev–Trinajstić information content (AvgIpc) is 3.39. The molecule has 11 rings (SSSR count). The molecule has 2 nitrogen and oxygen atoms in total. The monoisotopic (exact) mass is 842 g/mol. The topological polar surface area (TPSA) is 6.48 Å². The van der Waals surface area contributed by atoms with E-state index in [1.54, 1.807) is 0 Å². The third-order valence-electron chi connectivity index (χ3n) is 12.4. The number of hydrogen-bond donors (Lipinski definition) is 0. The first-order valence-electron chi connectivity index (χ1n) is 22.6. The van der Waals surface area contributed by atoms with Crippen molar-refractivity contribution in [2.75, 3.05) is 9.80 Å². The number of fused-ring (bicyclic) bond motifs is 2. The Bertz CT molecular complexity index is 3340. The maximum atomic E-state index is 2.41. The Hall–Kier alpha value is -8.72. The molecule has 0 saturated heterocycles. The molecule has 2 heteroatoms. The van der Waals surface area contributed by atoms with Gasteiger partial charge in [-0.15, -0.1) is 0 Å². The molecule has 0 saturated carbocycles. The summed E-state index contributed by atoms with van der Waals surface area (Å²) in [7, 11) is 0. The van der Waals surface area contributed by atoms with Gasteiger partial charge in [-0.3, -0.25) is 0 Å². The van der Waals surface area contributed by atoms with Gasteiger partial charge in [0.05, 0.1) is 0 Å². The zero-order valence-corrected chi connectivity index (χ0v) is 36.5. The molecule has 312 valence electrons. The fraction of sp³-hybridized carbons (Fsp3) is 0. The molecular weight excluding hydrogens is 797 g/mol. The number of hydrogen-bond acceptors (Lipinski definition) is 2. The maximum Gasteiger partial charge on any atom is 0.0462 e. The normalized spacial score (nSPS) is 11.3. The minimum atomic E-state index is 1.10. The molecule has 0 bridgehead atoms. The lowest BCUT2D eigenvalue weighted by Gasteiger charge is -2.26. The van der Waals surface area contributed by atoms with Crippen LogP contribution < -0.4 is 9.80 Å². The highest BCUT2D eigenvalue weighted by Crippen LogP contribution is 2.46. The highest BCUT2D eigenvalue weighted by molar-refractivity contribution is 6.22. The van der Waals surface area contributed by atoms with Gasteiger partial charge in [-0.1, -0.05) is 194 Å². The van der Waals surface area contributed by atoms with Crippen LogP contribution in [0.3, 0.4) is 0 Å². The molecule has 0 heterocycles. The molecular formula is C64H46N2. The van der Waals surface area contributed by atoms with Gasteiger partial charge in [-0.25, -0.2) is 0 Å². The summed E-state index contributed by atoms with van der Waals surface area (Å²) >= 11 is 0. The van der Waals surface area contributed by atoms with Gasteiger partial charge >= 0.3 is 0 Å². The largest absolute Gasteiger partial charge is 0.311 e. The first kappa shape index (κ1) is 40.1. The van der Waals surface area contributed by atoms with Crippen LogP contribution >= 0.6 is 0 Å². The Morgan fingerprint density at radius 3 is 1.02 bits per heavy atom. The fourth-order valence-corrected chi connectivity index (χ4v) is 9.32. The molecule has 11 aromatic rings. The average molecular weight is 843 g/mol. The zero-order chi connectivity index (χ0) is 44.1. The predicted molar refractivity (Wildman–Crippen MR) is 282 cm³/mol. The summed E-state index contributed by atoms with van der Waals surface area (Å²) in [6, 6.07) is 96.0. The minimum Gasteiger partial charge on any atom is -0.311 e. The number of rotatable bonds is 11. The van der Waals surface area contributed by atoms with Gasteiger partial charge < -0.3 is 9.80 Å². The predicted octanol–water partition coefficient (Wildman–Crippen LogP) is 18.1. The summed E-state index contributed by atoms with van der Waals surface area (Å²) in [5.41, 5.74) is 16.1. The van der Waals surface area contributed by atoms with Gasteiger partial charge in [-0.05, 0) is 151 Å². The van der Waals surface area contributed by atoms with Crippen LogP contribution in [0.5, 0.6) is 0 Å². The molecule has 0 aliphatic heterocycles. The summed E-state index contributed by atoms with van der Waals surface area (Å²) in [5, 5.41) is 4.85. The van der Waals surface area contributed by atoms with Crippen LogP contribution in [0.15, 0.2) is 267 Å². The van der Waals surface area contributed by atoms with Gasteiger partial charge in [0, 0.05) is 34.1 Å². The second-order valence-electron chi connectivity index (χ2n) is 16.5. The van der Waals surface area contributed by atoms with E-state index in [1.165, 1.54) is 60.5 Å². The summed E-state index contributed by atoms with van der Waals surface area (Å²) in [6.45, 7) is 0. The molecule has 66 heavy (non-hydrogen) atoms. The molecule has 0 radical (unpaired) electrons. The molecule has 0 N–H and O–H groups in total. The van der Waals surface area contributed by atoms with E-state index in [1.807, 2.05) is 0 Å². The first-order chi connectivity index (χ1) is 32.7. The van der Waals surface area contributed by atoms with Crippen molar-refractivity contribution in [3.8, 4) is 33.4 Å². The molecule has 0 aliphatic rings. The van der Waals surface area contributed by atoms with E-state index < -0.39 is 0 Å². The van der Waals surface area contributed by atoms with E-state index in [0.717, 1.165) is 39.7 Å². The number of benzene rings is 11. The Kier molecular flexibility index (Phi) is 11.0.